The molecule has 7 heteroatoms. The SMILES string of the molecule is COc1ccc(OCc2ccccc2C(=O)NC(=S)Nc2ccccc2I)cc1. The van der Waals surface area contributed by atoms with Crippen molar-refractivity contribution in [2.45, 2.75) is 6.61 Å². The quantitative estimate of drug-likeness (QED) is 0.355. The summed E-state index contributed by atoms with van der Waals surface area (Å²) in [7, 11) is 1.61. The molecule has 0 aliphatic heterocycles. The molecular weight excluding hydrogens is 499 g/mol. The highest BCUT2D eigenvalue weighted by atomic mass is 127. The lowest BCUT2D eigenvalue weighted by Gasteiger charge is -2.13. The highest BCUT2D eigenvalue weighted by Crippen LogP contribution is 2.20. The smallest absolute Gasteiger partial charge is 0.257 e. The number of amides is 1. The normalized spacial score (nSPS) is 10.1. The fraction of sp³-hybridized carbons (Fsp3) is 0.0909. The number of carbonyl (C=O) groups excluding carboxylic acids is 1. The van der Waals surface area contributed by atoms with Crippen LogP contribution in [0.25, 0.3) is 0 Å². The van der Waals surface area contributed by atoms with Crippen LogP contribution in [0.2, 0.25) is 0 Å². The van der Waals surface area contributed by atoms with Crippen molar-refractivity contribution in [3.8, 4) is 11.5 Å². The Morgan fingerprint density at radius 3 is 2.34 bits per heavy atom. The lowest BCUT2D eigenvalue weighted by atomic mass is 10.1. The van der Waals surface area contributed by atoms with Gasteiger partial charge in [0, 0.05) is 14.7 Å². The van der Waals surface area contributed by atoms with Gasteiger partial charge in [-0.3, -0.25) is 10.1 Å². The third-order valence-corrected chi connectivity index (χ3v) is 5.21. The topological polar surface area (TPSA) is 59.6 Å². The third kappa shape index (κ3) is 5.91. The van der Waals surface area contributed by atoms with Crippen LogP contribution in [0.4, 0.5) is 5.69 Å². The monoisotopic (exact) mass is 518 g/mol. The molecule has 0 heterocycles. The van der Waals surface area contributed by atoms with Gasteiger partial charge in [0.1, 0.15) is 18.1 Å². The van der Waals surface area contributed by atoms with Crippen molar-refractivity contribution in [2.75, 3.05) is 12.4 Å². The number of thiocarbonyl (C=S) groups is 1. The summed E-state index contributed by atoms with van der Waals surface area (Å²) in [6, 6.07) is 22.3. The third-order valence-electron chi connectivity index (χ3n) is 4.06. The molecule has 29 heavy (non-hydrogen) atoms. The van der Waals surface area contributed by atoms with Crippen LogP contribution in [0, 0.1) is 3.57 Å². The summed E-state index contributed by atoms with van der Waals surface area (Å²) in [4.78, 5) is 12.7. The predicted octanol–water partition coefficient (Wildman–Crippen LogP) is 5.01. The number of hydrogen-bond donors (Lipinski definition) is 2. The fourth-order valence-electron chi connectivity index (χ4n) is 2.59. The summed E-state index contributed by atoms with van der Waals surface area (Å²) >= 11 is 7.50. The lowest BCUT2D eigenvalue weighted by Crippen LogP contribution is -2.34. The zero-order valence-corrected chi connectivity index (χ0v) is 18.6. The summed E-state index contributed by atoms with van der Waals surface area (Å²) in [6.45, 7) is 0.257. The summed E-state index contributed by atoms with van der Waals surface area (Å²) in [6.07, 6.45) is 0. The number of rotatable bonds is 6. The van der Waals surface area contributed by atoms with Crippen molar-refractivity contribution in [1.29, 1.82) is 0 Å². The number of carbonyl (C=O) groups is 1. The molecule has 0 spiro atoms. The maximum Gasteiger partial charge on any atom is 0.257 e. The number of nitrogens with one attached hydrogen (secondary N) is 2. The molecule has 0 aliphatic carbocycles. The Hall–Kier alpha value is -2.65. The maximum atomic E-state index is 12.7. The Kier molecular flexibility index (Phi) is 7.42. The summed E-state index contributed by atoms with van der Waals surface area (Å²) < 4.78 is 12.0. The van der Waals surface area contributed by atoms with Crippen LogP contribution in [0.3, 0.4) is 0 Å². The van der Waals surface area contributed by atoms with E-state index in [-0.39, 0.29) is 17.6 Å². The Morgan fingerprint density at radius 1 is 0.966 bits per heavy atom. The van der Waals surface area contributed by atoms with Crippen LogP contribution < -0.4 is 20.1 Å². The largest absolute Gasteiger partial charge is 0.497 e. The van der Waals surface area contributed by atoms with Gasteiger partial charge in [-0.15, -0.1) is 0 Å². The van der Waals surface area contributed by atoms with E-state index in [1.54, 1.807) is 13.2 Å². The number of halogens is 1. The molecule has 3 aromatic rings. The highest BCUT2D eigenvalue weighted by Gasteiger charge is 2.13. The van der Waals surface area contributed by atoms with Gasteiger partial charge in [0.2, 0.25) is 0 Å². The molecular formula is C22H19IN2O3S. The first-order valence-corrected chi connectivity index (χ1v) is 10.3. The van der Waals surface area contributed by atoms with Crippen molar-refractivity contribution >= 4 is 51.5 Å². The van der Waals surface area contributed by atoms with Gasteiger partial charge in [-0.05, 0) is 77.3 Å². The second-order valence-corrected chi connectivity index (χ2v) is 7.58. The van der Waals surface area contributed by atoms with Crippen LogP contribution in [-0.2, 0) is 6.61 Å². The number of anilines is 1. The number of hydrogen-bond acceptors (Lipinski definition) is 4. The minimum Gasteiger partial charge on any atom is -0.497 e. The minimum absolute atomic E-state index is 0.241. The second-order valence-electron chi connectivity index (χ2n) is 6.01. The van der Waals surface area contributed by atoms with E-state index < -0.39 is 0 Å². The van der Waals surface area contributed by atoms with E-state index in [4.69, 9.17) is 21.7 Å². The van der Waals surface area contributed by atoms with E-state index in [1.807, 2.05) is 66.7 Å². The molecule has 1 amide bonds. The summed E-state index contributed by atoms with van der Waals surface area (Å²) in [5.74, 6) is 1.16. The Labute approximate surface area is 188 Å². The number of methoxy groups -OCH3 is 1. The van der Waals surface area contributed by atoms with E-state index >= 15 is 0 Å². The molecule has 148 valence electrons. The molecule has 0 atom stereocenters. The van der Waals surface area contributed by atoms with Crippen molar-refractivity contribution < 1.29 is 14.3 Å². The first-order valence-electron chi connectivity index (χ1n) is 8.78. The van der Waals surface area contributed by atoms with Crippen LogP contribution in [0.5, 0.6) is 11.5 Å². The first-order chi connectivity index (χ1) is 14.1. The number of ether oxygens (including phenoxy) is 2. The average molecular weight is 518 g/mol. The Balaban J connectivity index is 1.64. The van der Waals surface area contributed by atoms with Gasteiger partial charge in [0.15, 0.2) is 5.11 Å². The van der Waals surface area contributed by atoms with Gasteiger partial charge in [-0.25, -0.2) is 0 Å². The Bertz CT molecular complexity index is 1010. The molecule has 0 aliphatic rings. The zero-order valence-electron chi connectivity index (χ0n) is 15.6. The van der Waals surface area contributed by atoms with Crippen LogP contribution in [0.15, 0.2) is 72.8 Å². The van der Waals surface area contributed by atoms with Gasteiger partial charge in [0.05, 0.1) is 12.8 Å². The van der Waals surface area contributed by atoms with E-state index in [1.165, 1.54) is 0 Å². The van der Waals surface area contributed by atoms with Crippen LogP contribution in [-0.4, -0.2) is 18.1 Å². The molecule has 5 nitrogen and oxygen atoms in total. The van der Waals surface area contributed by atoms with E-state index in [0.717, 1.165) is 20.6 Å². The zero-order chi connectivity index (χ0) is 20.6. The van der Waals surface area contributed by atoms with Gasteiger partial charge in [0.25, 0.3) is 5.91 Å². The lowest BCUT2D eigenvalue weighted by molar-refractivity contribution is 0.0975. The van der Waals surface area contributed by atoms with Crippen LogP contribution in [0.1, 0.15) is 15.9 Å². The average Bonchev–Trinajstić information content (AvgIpc) is 2.74. The van der Waals surface area contributed by atoms with Crippen molar-refractivity contribution in [2.24, 2.45) is 0 Å². The molecule has 0 saturated carbocycles. The van der Waals surface area contributed by atoms with Crippen LogP contribution >= 0.6 is 34.8 Å². The van der Waals surface area contributed by atoms with Gasteiger partial charge < -0.3 is 14.8 Å². The molecule has 0 unspecified atom stereocenters. The standard InChI is InChI=1S/C22H19IN2O3S/c1-27-16-10-12-17(13-11-16)28-14-15-6-2-3-7-18(15)21(26)25-22(29)24-20-9-5-4-8-19(20)23/h2-13H,14H2,1H3,(H2,24,25,26,29). The number of benzene rings is 3. The van der Waals surface area contributed by atoms with E-state index in [9.17, 15) is 4.79 Å². The first kappa shape index (κ1) is 21.1. The Morgan fingerprint density at radius 2 is 1.62 bits per heavy atom. The maximum absolute atomic E-state index is 12.7. The molecule has 0 fully saturated rings. The molecule has 0 bridgehead atoms. The molecule has 0 aromatic heterocycles. The summed E-state index contributed by atoms with van der Waals surface area (Å²) in [5, 5.41) is 6.02. The molecule has 3 rings (SSSR count). The molecule has 3 aromatic carbocycles. The summed E-state index contributed by atoms with van der Waals surface area (Å²) in [5.41, 5.74) is 2.11. The fourth-order valence-corrected chi connectivity index (χ4v) is 3.31. The predicted molar refractivity (Wildman–Crippen MR) is 127 cm³/mol. The molecule has 0 saturated heterocycles. The van der Waals surface area contributed by atoms with E-state index in [2.05, 4.69) is 33.2 Å². The van der Waals surface area contributed by atoms with Crippen molar-refractivity contribution in [1.82, 2.24) is 5.32 Å². The van der Waals surface area contributed by atoms with Gasteiger partial charge in [-0.1, -0.05) is 30.3 Å². The molecule has 0 radical (unpaired) electrons. The van der Waals surface area contributed by atoms with Gasteiger partial charge >= 0.3 is 0 Å². The second kappa shape index (κ2) is 10.2. The van der Waals surface area contributed by atoms with E-state index in [0.29, 0.717) is 11.3 Å². The highest BCUT2D eigenvalue weighted by molar-refractivity contribution is 14.1. The van der Waals surface area contributed by atoms with Gasteiger partial charge in [-0.2, -0.15) is 0 Å². The van der Waals surface area contributed by atoms with Crippen molar-refractivity contribution in [3.05, 3.63) is 87.5 Å². The molecule has 2 N–H and O–H groups in total. The minimum atomic E-state index is -0.289. The number of para-hydroxylation sites is 1. The van der Waals surface area contributed by atoms with Crippen molar-refractivity contribution in [3.63, 3.8) is 0 Å².